The molecule has 0 bridgehead atoms. The zero-order chi connectivity index (χ0) is 14.7. The second-order valence-corrected chi connectivity index (χ2v) is 6.81. The maximum Gasteiger partial charge on any atom is 0.313 e. The molecule has 2 atom stereocenters. The highest BCUT2D eigenvalue weighted by atomic mass is 79.9. The van der Waals surface area contributed by atoms with Crippen molar-refractivity contribution in [1.29, 1.82) is 0 Å². The molecule has 0 aromatic heterocycles. The van der Waals surface area contributed by atoms with Crippen molar-refractivity contribution in [2.75, 3.05) is 11.9 Å². The van der Waals surface area contributed by atoms with Crippen molar-refractivity contribution in [3.8, 4) is 0 Å². The van der Waals surface area contributed by atoms with Crippen molar-refractivity contribution in [2.45, 2.75) is 39.5 Å². The number of halogens is 1. The van der Waals surface area contributed by atoms with E-state index in [9.17, 15) is 4.79 Å². The van der Waals surface area contributed by atoms with Crippen molar-refractivity contribution in [3.63, 3.8) is 0 Å². The average Bonchev–Trinajstić information content (AvgIpc) is 2.87. The Labute approximate surface area is 130 Å². The molecule has 2 nitrogen and oxygen atoms in total. The van der Waals surface area contributed by atoms with E-state index in [4.69, 9.17) is 4.74 Å². The summed E-state index contributed by atoms with van der Waals surface area (Å²) < 4.78 is 5.20. The third-order valence-corrected chi connectivity index (χ3v) is 4.64. The lowest BCUT2D eigenvalue weighted by Crippen LogP contribution is -2.14. The molecule has 0 aliphatic heterocycles. The fraction of sp³-hybridized carbons (Fsp3) is 0.588. The SMILES string of the molecule is CC(C(=O)OCCBr)c1ccc2c(c1)CC(C(C)C)C2. The lowest BCUT2D eigenvalue weighted by atomic mass is 9.93. The monoisotopic (exact) mass is 338 g/mol. The average molecular weight is 339 g/mol. The van der Waals surface area contributed by atoms with Gasteiger partial charge in [-0.3, -0.25) is 4.79 Å². The van der Waals surface area contributed by atoms with Crippen molar-refractivity contribution in [2.24, 2.45) is 11.8 Å². The third-order valence-electron chi connectivity index (χ3n) is 4.31. The van der Waals surface area contributed by atoms with Gasteiger partial charge in [0.25, 0.3) is 0 Å². The largest absolute Gasteiger partial charge is 0.464 e. The lowest BCUT2D eigenvalue weighted by molar-refractivity contribution is -0.144. The molecule has 1 aliphatic rings. The number of hydrogen-bond donors (Lipinski definition) is 0. The molecule has 2 unspecified atom stereocenters. The van der Waals surface area contributed by atoms with Crippen LogP contribution in [0.25, 0.3) is 0 Å². The lowest BCUT2D eigenvalue weighted by Gasteiger charge is -2.13. The predicted molar refractivity (Wildman–Crippen MR) is 85.3 cm³/mol. The summed E-state index contributed by atoms with van der Waals surface area (Å²) in [5.41, 5.74) is 3.95. The van der Waals surface area contributed by atoms with Crippen LogP contribution in [0.3, 0.4) is 0 Å². The Morgan fingerprint density at radius 2 is 2.00 bits per heavy atom. The number of alkyl halides is 1. The molecule has 0 heterocycles. The molecule has 0 spiro atoms. The first kappa shape index (κ1) is 15.6. The Bertz CT molecular complexity index is 482. The van der Waals surface area contributed by atoms with Gasteiger partial charge in [-0.25, -0.2) is 0 Å². The Hall–Kier alpha value is -0.830. The second kappa shape index (κ2) is 6.75. The van der Waals surface area contributed by atoms with Crippen LogP contribution in [-0.4, -0.2) is 17.9 Å². The molecule has 0 amide bonds. The van der Waals surface area contributed by atoms with Gasteiger partial charge in [0.15, 0.2) is 0 Å². The summed E-state index contributed by atoms with van der Waals surface area (Å²) >= 11 is 3.27. The molecule has 3 heteroatoms. The van der Waals surface area contributed by atoms with Gasteiger partial charge in [-0.2, -0.15) is 0 Å². The standard InChI is InChI=1S/C17H23BrO2/c1-11(2)15-9-14-5-4-13(8-16(14)10-15)12(3)17(19)20-7-6-18/h4-5,8,11-12,15H,6-7,9-10H2,1-3H3. The van der Waals surface area contributed by atoms with E-state index in [0.717, 1.165) is 17.9 Å². The van der Waals surface area contributed by atoms with Crippen LogP contribution in [0.1, 0.15) is 43.4 Å². The van der Waals surface area contributed by atoms with Gasteiger partial charge in [0.1, 0.15) is 6.61 Å². The molecule has 110 valence electrons. The molecular formula is C17H23BrO2. The number of esters is 1. The highest BCUT2D eigenvalue weighted by Gasteiger charge is 2.25. The van der Waals surface area contributed by atoms with E-state index < -0.39 is 0 Å². The first-order valence-electron chi connectivity index (χ1n) is 7.37. The molecule has 0 radical (unpaired) electrons. The van der Waals surface area contributed by atoms with Crippen LogP contribution in [-0.2, 0) is 22.4 Å². The zero-order valence-electron chi connectivity index (χ0n) is 12.5. The number of hydrogen-bond acceptors (Lipinski definition) is 2. The van der Waals surface area contributed by atoms with Crippen molar-refractivity contribution < 1.29 is 9.53 Å². The summed E-state index contributed by atoms with van der Waals surface area (Å²) in [4.78, 5) is 11.9. The maximum absolute atomic E-state index is 11.9. The van der Waals surface area contributed by atoms with Gasteiger partial charge >= 0.3 is 5.97 Å². The van der Waals surface area contributed by atoms with Gasteiger partial charge in [-0.1, -0.05) is 48.0 Å². The molecule has 20 heavy (non-hydrogen) atoms. The summed E-state index contributed by atoms with van der Waals surface area (Å²) in [5.74, 6) is 1.14. The molecule has 1 aliphatic carbocycles. The van der Waals surface area contributed by atoms with E-state index in [-0.39, 0.29) is 11.9 Å². The number of rotatable bonds is 5. The minimum atomic E-state index is -0.183. The van der Waals surface area contributed by atoms with Gasteiger partial charge in [0, 0.05) is 5.33 Å². The van der Waals surface area contributed by atoms with Gasteiger partial charge in [-0.05, 0) is 48.3 Å². The quantitative estimate of drug-likeness (QED) is 0.596. The Morgan fingerprint density at radius 3 is 2.65 bits per heavy atom. The fourth-order valence-electron chi connectivity index (χ4n) is 2.81. The zero-order valence-corrected chi connectivity index (χ0v) is 14.1. The molecule has 1 aromatic carbocycles. The van der Waals surface area contributed by atoms with E-state index in [2.05, 4.69) is 48.0 Å². The van der Waals surface area contributed by atoms with Crippen LogP contribution in [0.4, 0.5) is 0 Å². The van der Waals surface area contributed by atoms with Crippen LogP contribution in [0.5, 0.6) is 0 Å². The summed E-state index contributed by atoms with van der Waals surface area (Å²) in [6, 6.07) is 6.49. The minimum absolute atomic E-state index is 0.136. The molecule has 0 saturated heterocycles. The highest BCUT2D eigenvalue weighted by Crippen LogP contribution is 2.33. The van der Waals surface area contributed by atoms with Crippen molar-refractivity contribution in [1.82, 2.24) is 0 Å². The van der Waals surface area contributed by atoms with Gasteiger partial charge in [0.2, 0.25) is 0 Å². The topological polar surface area (TPSA) is 26.3 Å². The van der Waals surface area contributed by atoms with Crippen LogP contribution < -0.4 is 0 Å². The number of ether oxygens (including phenoxy) is 1. The fourth-order valence-corrected chi connectivity index (χ4v) is 2.97. The number of carbonyl (C=O) groups excluding carboxylic acids is 1. The van der Waals surface area contributed by atoms with E-state index in [1.807, 2.05) is 6.92 Å². The molecule has 2 rings (SSSR count). The van der Waals surface area contributed by atoms with Gasteiger partial charge in [-0.15, -0.1) is 0 Å². The summed E-state index contributed by atoms with van der Waals surface area (Å²) in [5, 5.41) is 0.686. The minimum Gasteiger partial charge on any atom is -0.464 e. The Kier molecular flexibility index (Phi) is 5.25. The smallest absolute Gasteiger partial charge is 0.313 e. The van der Waals surface area contributed by atoms with E-state index in [0.29, 0.717) is 17.9 Å². The summed E-state index contributed by atoms with van der Waals surface area (Å²) in [7, 11) is 0. The van der Waals surface area contributed by atoms with Crippen molar-refractivity contribution in [3.05, 3.63) is 34.9 Å². The molecular weight excluding hydrogens is 316 g/mol. The van der Waals surface area contributed by atoms with Crippen LogP contribution in [0.15, 0.2) is 18.2 Å². The third kappa shape index (κ3) is 3.43. The summed E-state index contributed by atoms with van der Waals surface area (Å²) in [6.07, 6.45) is 2.32. The number of carbonyl (C=O) groups is 1. The maximum atomic E-state index is 11.9. The van der Waals surface area contributed by atoms with Crippen LogP contribution in [0, 0.1) is 11.8 Å². The number of fused-ring (bicyclic) bond motifs is 1. The normalized spacial score (nSPS) is 18.9. The first-order chi connectivity index (χ1) is 9.52. The number of benzene rings is 1. The molecule has 0 saturated carbocycles. The highest BCUT2D eigenvalue weighted by molar-refractivity contribution is 9.09. The molecule has 0 N–H and O–H groups in total. The Morgan fingerprint density at radius 1 is 1.30 bits per heavy atom. The Balaban J connectivity index is 2.09. The van der Waals surface area contributed by atoms with Crippen molar-refractivity contribution >= 4 is 21.9 Å². The predicted octanol–water partition coefficient (Wildman–Crippen LogP) is 4.10. The second-order valence-electron chi connectivity index (χ2n) is 6.02. The van der Waals surface area contributed by atoms with Crippen LogP contribution in [0.2, 0.25) is 0 Å². The first-order valence-corrected chi connectivity index (χ1v) is 8.49. The van der Waals surface area contributed by atoms with Gasteiger partial charge < -0.3 is 4.74 Å². The van der Waals surface area contributed by atoms with E-state index in [1.165, 1.54) is 17.5 Å². The van der Waals surface area contributed by atoms with E-state index in [1.54, 1.807) is 0 Å². The van der Waals surface area contributed by atoms with Crippen LogP contribution >= 0.6 is 15.9 Å². The molecule has 0 fully saturated rings. The van der Waals surface area contributed by atoms with Gasteiger partial charge in [0.05, 0.1) is 5.92 Å². The van der Waals surface area contributed by atoms with E-state index >= 15 is 0 Å². The molecule has 1 aromatic rings. The summed E-state index contributed by atoms with van der Waals surface area (Å²) in [6.45, 7) is 6.94.